The molecule has 1 saturated carbocycles. The number of para-hydroxylation sites is 1. The molecule has 1 aromatic carbocycles. The molecule has 0 unspecified atom stereocenters. The number of hydrogen-bond acceptors (Lipinski definition) is 3. The molecule has 0 aliphatic heterocycles. The average Bonchev–Trinajstić information content (AvgIpc) is 2.41. The minimum Gasteiger partial charge on any atom is -0.481 e. The van der Waals surface area contributed by atoms with Gasteiger partial charge in [0.05, 0.1) is 11.9 Å². The normalized spacial score (nSPS) is 16.4. The molecule has 0 amide bonds. The van der Waals surface area contributed by atoms with Crippen molar-refractivity contribution in [2.24, 2.45) is 5.41 Å². The lowest BCUT2D eigenvalue weighted by atomic mass is 9.66. The highest BCUT2D eigenvalue weighted by Crippen LogP contribution is 2.44. The molecular formula is C17H20N2O2. The zero-order chi connectivity index (χ0) is 14.9. The van der Waals surface area contributed by atoms with Crippen molar-refractivity contribution < 1.29 is 9.90 Å². The number of carbonyl (C=O) groups is 1. The Labute approximate surface area is 124 Å². The van der Waals surface area contributed by atoms with Crippen LogP contribution in [-0.2, 0) is 4.79 Å². The maximum atomic E-state index is 11.0. The Morgan fingerprint density at radius 3 is 2.81 bits per heavy atom. The second-order valence-corrected chi connectivity index (χ2v) is 6.12. The molecule has 1 heterocycles. The SMILES string of the molecule is Cc1cc2ccccc2nc1NCC1(CC(=O)O)CCC1. The van der Waals surface area contributed by atoms with Crippen LogP contribution >= 0.6 is 0 Å². The van der Waals surface area contributed by atoms with E-state index in [0.29, 0.717) is 6.54 Å². The standard InChI is InChI=1S/C17H20N2O2/c1-12-9-13-5-2-3-6-14(13)19-16(12)18-11-17(7-4-8-17)10-15(20)21/h2-3,5-6,9H,4,7-8,10-11H2,1H3,(H,18,19)(H,20,21). The molecular weight excluding hydrogens is 264 g/mol. The molecule has 0 radical (unpaired) electrons. The van der Waals surface area contributed by atoms with Crippen LogP contribution in [0.15, 0.2) is 30.3 Å². The number of nitrogens with one attached hydrogen (secondary N) is 1. The number of pyridine rings is 1. The van der Waals surface area contributed by atoms with Crippen LogP contribution in [0, 0.1) is 12.3 Å². The lowest BCUT2D eigenvalue weighted by Crippen LogP contribution is -2.38. The topological polar surface area (TPSA) is 62.2 Å². The Bertz CT molecular complexity index is 678. The molecule has 1 aliphatic carbocycles. The molecule has 2 N–H and O–H groups in total. The van der Waals surface area contributed by atoms with Crippen LogP contribution in [0.4, 0.5) is 5.82 Å². The Hall–Kier alpha value is -2.10. The number of aromatic nitrogens is 1. The van der Waals surface area contributed by atoms with Gasteiger partial charge in [0.15, 0.2) is 0 Å². The quantitative estimate of drug-likeness (QED) is 0.880. The first-order chi connectivity index (χ1) is 10.1. The number of benzene rings is 1. The summed E-state index contributed by atoms with van der Waals surface area (Å²) in [6, 6.07) is 10.2. The van der Waals surface area contributed by atoms with Crippen LogP contribution in [0.5, 0.6) is 0 Å². The lowest BCUT2D eigenvalue weighted by Gasteiger charge is -2.41. The first-order valence-corrected chi connectivity index (χ1v) is 7.40. The molecule has 0 spiro atoms. The summed E-state index contributed by atoms with van der Waals surface area (Å²) in [6.07, 6.45) is 3.34. The van der Waals surface area contributed by atoms with E-state index in [1.165, 1.54) is 0 Å². The summed E-state index contributed by atoms with van der Waals surface area (Å²) in [7, 11) is 0. The summed E-state index contributed by atoms with van der Waals surface area (Å²) < 4.78 is 0. The van der Waals surface area contributed by atoms with Gasteiger partial charge in [0.25, 0.3) is 0 Å². The van der Waals surface area contributed by atoms with Gasteiger partial charge in [-0.2, -0.15) is 0 Å². The lowest BCUT2D eigenvalue weighted by molar-refractivity contribution is -0.141. The van der Waals surface area contributed by atoms with E-state index in [1.54, 1.807) is 0 Å². The zero-order valence-electron chi connectivity index (χ0n) is 12.2. The summed E-state index contributed by atoms with van der Waals surface area (Å²) in [6.45, 7) is 2.72. The number of anilines is 1. The predicted molar refractivity (Wildman–Crippen MR) is 83.5 cm³/mol. The van der Waals surface area contributed by atoms with Crippen LogP contribution in [-0.4, -0.2) is 22.6 Å². The Morgan fingerprint density at radius 2 is 2.14 bits per heavy atom. The molecule has 3 rings (SSSR count). The summed E-state index contributed by atoms with van der Waals surface area (Å²) >= 11 is 0. The molecule has 2 aromatic rings. The molecule has 4 nitrogen and oxygen atoms in total. The number of hydrogen-bond donors (Lipinski definition) is 2. The van der Waals surface area contributed by atoms with Crippen LogP contribution < -0.4 is 5.32 Å². The van der Waals surface area contributed by atoms with Crippen molar-refractivity contribution >= 4 is 22.7 Å². The van der Waals surface area contributed by atoms with Gasteiger partial charge in [-0.15, -0.1) is 0 Å². The van der Waals surface area contributed by atoms with Gasteiger partial charge in [-0.05, 0) is 42.9 Å². The number of nitrogens with zero attached hydrogens (tertiary/aromatic N) is 1. The highest BCUT2D eigenvalue weighted by atomic mass is 16.4. The molecule has 0 bridgehead atoms. The second kappa shape index (κ2) is 5.35. The van der Waals surface area contributed by atoms with Gasteiger partial charge >= 0.3 is 5.97 Å². The molecule has 1 aliphatic rings. The highest BCUT2D eigenvalue weighted by molar-refractivity contribution is 5.81. The molecule has 4 heteroatoms. The van der Waals surface area contributed by atoms with Gasteiger partial charge < -0.3 is 10.4 Å². The van der Waals surface area contributed by atoms with Crippen LogP contribution in [0.1, 0.15) is 31.2 Å². The Morgan fingerprint density at radius 1 is 1.38 bits per heavy atom. The maximum Gasteiger partial charge on any atom is 0.303 e. The van der Waals surface area contributed by atoms with Crippen LogP contribution in [0.3, 0.4) is 0 Å². The van der Waals surface area contributed by atoms with Gasteiger partial charge in [-0.25, -0.2) is 4.98 Å². The third-order valence-corrected chi connectivity index (χ3v) is 4.49. The number of carboxylic acid groups (broad SMARTS) is 1. The van der Waals surface area contributed by atoms with E-state index in [4.69, 9.17) is 5.11 Å². The number of carboxylic acids is 1. The van der Waals surface area contributed by atoms with Gasteiger partial charge in [-0.3, -0.25) is 4.79 Å². The fraction of sp³-hybridized carbons (Fsp3) is 0.412. The second-order valence-electron chi connectivity index (χ2n) is 6.12. The van der Waals surface area contributed by atoms with Crippen molar-refractivity contribution in [2.45, 2.75) is 32.6 Å². The van der Waals surface area contributed by atoms with Crippen LogP contribution in [0.25, 0.3) is 10.9 Å². The third-order valence-electron chi connectivity index (χ3n) is 4.49. The van der Waals surface area contributed by atoms with Crippen molar-refractivity contribution in [1.82, 2.24) is 4.98 Å². The van der Waals surface area contributed by atoms with E-state index in [-0.39, 0.29) is 11.8 Å². The Kier molecular flexibility index (Phi) is 3.53. The van der Waals surface area contributed by atoms with Gasteiger partial charge in [0, 0.05) is 11.9 Å². The van der Waals surface area contributed by atoms with Crippen molar-refractivity contribution in [3.05, 3.63) is 35.9 Å². The van der Waals surface area contributed by atoms with Crippen molar-refractivity contribution in [3.8, 4) is 0 Å². The number of aliphatic carboxylic acids is 1. The first kappa shape index (κ1) is 13.9. The minimum atomic E-state index is -0.709. The largest absolute Gasteiger partial charge is 0.481 e. The van der Waals surface area contributed by atoms with Crippen LogP contribution in [0.2, 0.25) is 0 Å². The van der Waals surface area contributed by atoms with E-state index in [0.717, 1.165) is 41.5 Å². The fourth-order valence-electron chi connectivity index (χ4n) is 3.09. The van der Waals surface area contributed by atoms with Crippen molar-refractivity contribution in [1.29, 1.82) is 0 Å². The summed E-state index contributed by atoms with van der Waals surface area (Å²) in [5.74, 6) is 0.157. The molecule has 110 valence electrons. The predicted octanol–water partition coefficient (Wildman–Crippen LogP) is 3.60. The fourth-order valence-corrected chi connectivity index (χ4v) is 3.09. The molecule has 1 fully saturated rings. The summed E-state index contributed by atoms with van der Waals surface area (Å²) in [5, 5.41) is 13.6. The Balaban J connectivity index is 1.78. The molecule has 21 heavy (non-hydrogen) atoms. The molecule has 0 atom stereocenters. The maximum absolute atomic E-state index is 11.0. The first-order valence-electron chi connectivity index (χ1n) is 7.40. The monoisotopic (exact) mass is 284 g/mol. The number of fused-ring (bicyclic) bond motifs is 1. The average molecular weight is 284 g/mol. The number of rotatable bonds is 5. The zero-order valence-corrected chi connectivity index (χ0v) is 12.2. The van der Waals surface area contributed by atoms with Gasteiger partial charge in [0.1, 0.15) is 5.82 Å². The third kappa shape index (κ3) is 2.84. The van der Waals surface area contributed by atoms with Crippen molar-refractivity contribution in [2.75, 3.05) is 11.9 Å². The van der Waals surface area contributed by atoms with Crippen molar-refractivity contribution in [3.63, 3.8) is 0 Å². The van der Waals surface area contributed by atoms with E-state index in [2.05, 4.69) is 22.4 Å². The minimum absolute atomic E-state index is 0.0917. The van der Waals surface area contributed by atoms with Gasteiger partial charge in [0.2, 0.25) is 0 Å². The smallest absolute Gasteiger partial charge is 0.303 e. The molecule has 1 aromatic heterocycles. The molecule has 0 saturated heterocycles. The van der Waals surface area contributed by atoms with E-state index in [9.17, 15) is 4.79 Å². The van der Waals surface area contributed by atoms with E-state index in [1.807, 2.05) is 25.1 Å². The summed E-state index contributed by atoms with van der Waals surface area (Å²) in [5.41, 5.74) is 1.97. The van der Waals surface area contributed by atoms with Gasteiger partial charge in [-0.1, -0.05) is 24.6 Å². The highest BCUT2D eigenvalue weighted by Gasteiger charge is 2.38. The summed E-state index contributed by atoms with van der Waals surface area (Å²) in [4.78, 5) is 15.7. The van der Waals surface area contributed by atoms with E-state index < -0.39 is 5.97 Å². The van der Waals surface area contributed by atoms with E-state index >= 15 is 0 Å². The number of aryl methyl sites for hydroxylation is 1.